The summed E-state index contributed by atoms with van der Waals surface area (Å²) in [7, 11) is 0. The number of benzene rings is 2. The number of fused-ring (bicyclic) bond motifs is 1. The van der Waals surface area contributed by atoms with E-state index in [2.05, 4.69) is 10.3 Å². The number of rotatable bonds is 3. The van der Waals surface area contributed by atoms with E-state index in [1.807, 2.05) is 0 Å². The number of halogens is 2. The summed E-state index contributed by atoms with van der Waals surface area (Å²) in [5, 5.41) is 4.17. The Morgan fingerprint density at radius 2 is 2.04 bits per heavy atom. The van der Waals surface area contributed by atoms with Crippen molar-refractivity contribution in [2.24, 2.45) is 0 Å². The second-order valence-corrected chi connectivity index (χ2v) is 5.33. The lowest BCUT2D eigenvalue weighted by Crippen LogP contribution is -2.08. The predicted molar refractivity (Wildman–Crippen MR) is 90.8 cm³/mol. The third-order valence-electron chi connectivity index (χ3n) is 3.24. The highest BCUT2D eigenvalue weighted by molar-refractivity contribution is 6.31. The fourth-order valence-electron chi connectivity index (χ4n) is 2.19. The molecule has 1 amide bonds. The minimum absolute atomic E-state index is 0.309. The van der Waals surface area contributed by atoms with Crippen molar-refractivity contribution in [1.82, 2.24) is 4.98 Å². The van der Waals surface area contributed by atoms with Gasteiger partial charge < -0.3 is 5.32 Å². The molecule has 0 fully saturated rings. The van der Waals surface area contributed by atoms with Crippen molar-refractivity contribution in [2.45, 2.75) is 0 Å². The summed E-state index contributed by atoms with van der Waals surface area (Å²) >= 11 is 5.94. The number of nitrogens with zero attached hydrogens (tertiary/aromatic N) is 1. The molecule has 3 rings (SSSR count). The van der Waals surface area contributed by atoms with Crippen molar-refractivity contribution in [1.29, 1.82) is 0 Å². The molecule has 1 aromatic heterocycles. The molecule has 0 spiro atoms. The molecule has 2 aromatic carbocycles. The van der Waals surface area contributed by atoms with Gasteiger partial charge in [-0.1, -0.05) is 23.7 Å². The molecule has 114 valence electrons. The normalized spacial score (nSPS) is 11.0. The number of pyridine rings is 1. The molecule has 3 aromatic rings. The molecule has 0 atom stereocenters. The lowest BCUT2D eigenvalue weighted by Gasteiger charge is -2.06. The van der Waals surface area contributed by atoms with Crippen LogP contribution >= 0.6 is 11.6 Å². The maximum absolute atomic E-state index is 13.1. The third-order valence-corrected chi connectivity index (χ3v) is 3.47. The molecule has 0 aliphatic heterocycles. The summed E-state index contributed by atoms with van der Waals surface area (Å²) in [4.78, 5) is 16.3. The molecule has 23 heavy (non-hydrogen) atoms. The highest BCUT2D eigenvalue weighted by atomic mass is 35.5. The maximum atomic E-state index is 13.1. The Morgan fingerprint density at radius 3 is 2.87 bits per heavy atom. The average Bonchev–Trinajstić information content (AvgIpc) is 2.53. The molecule has 0 saturated carbocycles. The lowest BCUT2D eigenvalue weighted by molar-refractivity contribution is -0.111. The molecule has 1 heterocycles. The number of amides is 1. The van der Waals surface area contributed by atoms with Gasteiger partial charge in [-0.05, 0) is 48.0 Å². The largest absolute Gasteiger partial charge is 0.322 e. The van der Waals surface area contributed by atoms with Crippen LogP contribution in [-0.2, 0) is 4.79 Å². The van der Waals surface area contributed by atoms with Crippen LogP contribution in [0.25, 0.3) is 17.0 Å². The molecular weight excluding hydrogens is 315 g/mol. The van der Waals surface area contributed by atoms with Crippen molar-refractivity contribution >= 4 is 40.2 Å². The first kappa shape index (κ1) is 15.2. The van der Waals surface area contributed by atoms with E-state index in [-0.39, 0.29) is 11.7 Å². The Labute approximate surface area is 137 Å². The van der Waals surface area contributed by atoms with Gasteiger partial charge in [-0.3, -0.25) is 9.78 Å². The van der Waals surface area contributed by atoms with Gasteiger partial charge in [-0.25, -0.2) is 4.39 Å². The number of anilines is 1. The highest BCUT2D eigenvalue weighted by Gasteiger charge is 2.05. The first-order chi connectivity index (χ1) is 11.1. The molecule has 0 radical (unpaired) electrons. The van der Waals surface area contributed by atoms with E-state index < -0.39 is 0 Å². The van der Waals surface area contributed by atoms with Crippen molar-refractivity contribution in [2.75, 3.05) is 5.32 Å². The van der Waals surface area contributed by atoms with Crippen LogP contribution < -0.4 is 5.32 Å². The van der Waals surface area contributed by atoms with Gasteiger partial charge in [0, 0.05) is 22.7 Å². The number of nitrogens with one attached hydrogen (secondary N) is 1. The lowest BCUT2D eigenvalue weighted by atomic mass is 10.2. The Hall–Kier alpha value is -2.72. The van der Waals surface area contributed by atoms with Crippen molar-refractivity contribution < 1.29 is 9.18 Å². The van der Waals surface area contributed by atoms with E-state index in [9.17, 15) is 9.18 Å². The third kappa shape index (κ3) is 3.73. The van der Waals surface area contributed by atoms with Gasteiger partial charge in [-0.15, -0.1) is 0 Å². The smallest absolute Gasteiger partial charge is 0.248 e. The number of carbonyl (C=O) groups is 1. The first-order valence-electron chi connectivity index (χ1n) is 6.91. The van der Waals surface area contributed by atoms with Crippen molar-refractivity contribution in [3.05, 3.63) is 77.2 Å². The minimum Gasteiger partial charge on any atom is -0.322 e. The molecule has 0 saturated heterocycles. The van der Waals surface area contributed by atoms with Crippen molar-refractivity contribution in [3.8, 4) is 0 Å². The summed E-state index contributed by atoms with van der Waals surface area (Å²) in [6.45, 7) is 0. The molecule has 0 aliphatic carbocycles. The van der Waals surface area contributed by atoms with E-state index in [1.54, 1.807) is 48.7 Å². The monoisotopic (exact) mass is 326 g/mol. The zero-order valence-corrected chi connectivity index (χ0v) is 12.7. The van der Waals surface area contributed by atoms with Gasteiger partial charge in [0.05, 0.1) is 11.2 Å². The van der Waals surface area contributed by atoms with E-state index in [1.165, 1.54) is 18.2 Å². The Balaban J connectivity index is 1.80. The molecule has 0 bridgehead atoms. The van der Waals surface area contributed by atoms with Crippen LogP contribution in [0.4, 0.5) is 10.1 Å². The number of carbonyl (C=O) groups excluding carboxylic acids is 1. The number of hydrogen-bond donors (Lipinski definition) is 1. The van der Waals surface area contributed by atoms with Crippen LogP contribution in [0.5, 0.6) is 0 Å². The number of hydrogen-bond acceptors (Lipinski definition) is 2. The molecule has 0 aliphatic rings. The van der Waals surface area contributed by atoms with E-state index >= 15 is 0 Å². The van der Waals surface area contributed by atoms with Crippen LogP contribution in [-0.4, -0.2) is 10.9 Å². The predicted octanol–water partition coefficient (Wildman–Crippen LogP) is 4.68. The summed E-state index contributed by atoms with van der Waals surface area (Å²) in [6, 6.07) is 13.0. The highest BCUT2D eigenvalue weighted by Crippen LogP contribution is 2.24. The van der Waals surface area contributed by atoms with Crippen LogP contribution in [0, 0.1) is 5.82 Å². The quantitative estimate of drug-likeness (QED) is 0.710. The Kier molecular flexibility index (Phi) is 4.35. The van der Waals surface area contributed by atoms with Gasteiger partial charge in [0.15, 0.2) is 0 Å². The summed E-state index contributed by atoms with van der Waals surface area (Å²) < 4.78 is 13.1. The van der Waals surface area contributed by atoms with Gasteiger partial charge in [0.1, 0.15) is 5.82 Å². The Bertz CT molecular complexity index is 908. The van der Waals surface area contributed by atoms with E-state index in [0.717, 1.165) is 5.39 Å². The van der Waals surface area contributed by atoms with E-state index in [0.29, 0.717) is 21.8 Å². The zero-order chi connectivity index (χ0) is 16.2. The van der Waals surface area contributed by atoms with Crippen LogP contribution in [0.2, 0.25) is 5.02 Å². The molecule has 0 unspecified atom stereocenters. The summed E-state index contributed by atoms with van der Waals surface area (Å²) in [6.07, 6.45) is 4.51. The zero-order valence-electron chi connectivity index (χ0n) is 12.0. The standard InChI is InChI=1S/C18H12ClFN2O/c19-13-5-6-15-16(8-9-21-17(15)11-13)22-18(23)7-4-12-2-1-3-14(20)10-12/h1-11H,(H,21,22,23)/b7-4+. The summed E-state index contributed by atoms with van der Waals surface area (Å²) in [5.74, 6) is -0.652. The molecule has 1 N–H and O–H groups in total. The number of aromatic nitrogens is 1. The van der Waals surface area contributed by atoms with Crippen molar-refractivity contribution in [3.63, 3.8) is 0 Å². The van der Waals surface area contributed by atoms with Gasteiger partial charge in [-0.2, -0.15) is 0 Å². The van der Waals surface area contributed by atoms with E-state index in [4.69, 9.17) is 11.6 Å². The maximum Gasteiger partial charge on any atom is 0.248 e. The van der Waals surface area contributed by atoms with Crippen LogP contribution in [0.15, 0.2) is 60.8 Å². The minimum atomic E-state index is -0.343. The first-order valence-corrected chi connectivity index (χ1v) is 7.28. The van der Waals surface area contributed by atoms with Gasteiger partial charge in [0.25, 0.3) is 0 Å². The second kappa shape index (κ2) is 6.58. The van der Waals surface area contributed by atoms with Gasteiger partial charge >= 0.3 is 0 Å². The topological polar surface area (TPSA) is 42.0 Å². The Morgan fingerprint density at radius 1 is 1.17 bits per heavy atom. The second-order valence-electron chi connectivity index (χ2n) is 4.90. The van der Waals surface area contributed by atoms with Gasteiger partial charge in [0.2, 0.25) is 5.91 Å². The SMILES string of the molecule is O=C(/C=C/c1cccc(F)c1)Nc1ccnc2cc(Cl)ccc12. The molecule has 5 heteroatoms. The van der Waals surface area contributed by atoms with Crippen LogP contribution in [0.1, 0.15) is 5.56 Å². The fraction of sp³-hybridized carbons (Fsp3) is 0. The molecule has 3 nitrogen and oxygen atoms in total. The fourth-order valence-corrected chi connectivity index (χ4v) is 2.35. The van der Waals surface area contributed by atoms with Crippen LogP contribution in [0.3, 0.4) is 0 Å². The average molecular weight is 327 g/mol. The summed E-state index contributed by atoms with van der Waals surface area (Å²) in [5.41, 5.74) is 1.96. The molecular formula is C18H12ClFN2O.